The van der Waals surface area contributed by atoms with E-state index in [1.807, 2.05) is 37.2 Å². The molecule has 1 aromatic heterocycles. The van der Waals surface area contributed by atoms with E-state index in [1.54, 1.807) is 17.0 Å². The van der Waals surface area contributed by atoms with Gasteiger partial charge in [0.2, 0.25) is 5.95 Å². The first kappa shape index (κ1) is 18.1. The number of anilines is 2. The van der Waals surface area contributed by atoms with Crippen LogP contribution in [0.1, 0.15) is 29.6 Å². The quantitative estimate of drug-likeness (QED) is 0.868. The van der Waals surface area contributed by atoms with Crippen LogP contribution in [0.3, 0.4) is 0 Å². The second-order valence-electron chi connectivity index (χ2n) is 6.77. The van der Waals surface area contributed by atoms with E-state index in [4.69, 9.17) is 5.73 Å². The molecule has 2 heterocycles. The Morgan fingerprint density at radius 2 is 2.00 bits per heavy atom. The standard InChI is InChI=1S/C19H25N5O2/c1-23(2)17-11-16(21-19(20)22-17)13-6-8-14(9-7-13)18(26)24-10-4-3-5-15(24)12-25/h6-9,11,15,25H,3-5,10,12H2,1-2H3,(H2,20,21,22). The van der Waals surface area contributed by atoms with Gasteiger partial charge in [0.25, 0.3) is 5.91 Å². The van der Waals surface area contributed by atoms with Crippen molar-refractivity contribution in [1.29, 1.82) is 0 Å². The molecular formula is C19H25N5O2. The van der Waals surface area contributed by atoms with Crippen LogP contribution < -0.4 is 10.6 Å². The molecule has 1 fully saturated rings. The van der Waals surface area contributed by atoms with Crippen molar-refractivity contribution in [2.45, 2.75) is 25.3 Å². The fourth-order valence-electron chi connectivity index (χ4n) is 3.24. The molecule has 26 heavy (non-hydrogen) atoms. The summed E-state index contributed by atoms with van der Waals surface area (Å²) in [5, 5.41) is 9.52. The number of amides is 1. The number of aromatic nitrogens is 2. The van der Waals surface area contributed by atoms with Crippen LogP contribution in [0.4, 0.5) is 11.8 Å². The number of benzene rings is 1. The smallest absolute Gasteiger partial charge is 0.254 e. The maximum absolute atomic E-state index is 12.8. The number of carbonyl (C=O) groups is 1. The highest BCUT2D eigenvalue weighted by molar-refractivity contribution is 5.95. The van der Waals surface area contributed by atoms with Crippen molar-refractivity contribution in [3.05, 3.63) is 35.9 Å². The van der Waals surface area contributed by atoms with E-state index in [9.17, 15) is 9.90 Å². The Morgan fingerprint density at radius 1 is 1.27 bits per heavy atom. The number of rotatable bonds is 4. The lowest BCUT2D eigenvalue weighted by atomic mass is 10.0. The van der Waals surface area contributed by atoms with E-state index in [-0.39, 0.29) is 24.5 Å². The zero-order valence-electron chi connectivity index (χ0n) is 15.2. The number of likely N-dealkylation sites (tertiary alicyclic amines) is 1. The molecule has 1 unspecified atom stereocenters. The van der Waals surface area contributed by atoms with Gasteiger partial charge in [0.15, 0.2) is 0 Å². The van der Waals surface area contributed by atoms with Crippen LogP contribution in [0.2, 0.25) is 0 Å². The predicted octanol–water partition coefficient (Wildman–Crippen LogP) is 1.78. The topological polar surface area (TPSA) is 95.6 Å². The fourth-order valence-corrected chi connectivity index (χ4v) is 3.24. The number of nitrogen functional groups attached to an aromatic ring is 1. The third-order valence-corrected chi connectivity index (χ3v) is 4.71. The number of aliphatic hydroxyl groups excluding tert-OH is 1. The Morgan fingerprint density at radius 3 is 2.65 bits per heavy atom. The van der Waals surface area contributed by atoms with Crippen molar-refractivity contribution in [2.75, 3.05) is 37.9 Å². The van der Waals surface area contributed by atoms with E-state index in [0.29, 0.717) is 17.8 Å². The van der Waals surface area contributed by atoms with Gasteiger partial charge in [-0.15, -0.1) is 0 Å². The molecule has 1 atom stereocenters. The summed E-state index contributed by atoms with van der Waals surface area (Å²) in [7, 11) is 3.78. The summed E-state index contributed by atoms with van der Waals surface area (Å²) in [5.74, 6) is 0.906. The van der Waals surface area contributed by atoms with E-state index in [1.165, 1.54) is 0 Å². The number of hydrogen-bond donors (Lipinski definition) is 2. The van der Waals surface area contributed by atoms with E-state index < -0.39 is 0 Å². The average Bonchev–Trinajstić information content (AvgIpc) is 2.67. The number of nitrogens with two attached hydrogens (primary N) is 1. The van der Waals surface area contributed by atoms with Gasteiger partial charge in [0.05, 0.1) is 18.3 Å². The molecule has 0 bridgehead atoms. The first-order valence-electron chi connectivity index (χ1n) is 8.83. The minimum absolute atomic E-state index is 0.0113. The molecule has 1 aliphatic heterocycles. The van der Waals surface area contributed by atoms with Crippen molar-refractivity contribution in [3.63, 3.8) is 0 Å². The van der Waals surface area contributed by atoms with Gasteiger partial charge in [-0.1, -0.05) is 12.1 Å². The highest BCUT2D eigenvalue weighted by atomic mass is 16.3. The molecule has 0 aliphatic carbocycles. The maximum atomic E-state index is 12.8. The Kier molecular flexibility index (Phi) is 5.37. The van der Waals surface area contributed by atoms with Crippen molar-refractivity contribution in [2.24, 2.45) is 0 Å². The van der Waals surface area contributed by atoms with Crippen molar-refractivity contribution in [3.8, 4) is 11.3 Å². The average molecular weight is 355 g/mol. The molecule has 2 aromatic rings. The predicted molar refractivity (Wildman–Crippen MR) is 102 cm³/mol. The van der Waals surface area contributed by atoms with Crippen LogP contribution in [-0.4, -0.2) is 59.2 Å². The molecule has 138 valence electrons. The molecule has 7 heteroatoms. The van der Waals surface area contributed by atoms with Gasteiger partial charge in [-0.05, 0) is 31.4 Å². The van der Waals surface area contributed by atoms with Crippen LogP contribution in [-0.2, 0) is 0 Å². The lowest BCUT2D eigenvalue weighted by molar-refractivity contribution is 0.0503. The van der Waals surface area contributed by atoms with Gasteiger partial charge in [0.1, 0.15) is 5.82 Å². The normalized spacial score (nSPS) is 17.2. The lowest BCUT2D eigenvalue weighted by Crippen LogP contribution is -2.45. The monoisotopic (exact) mass is 355 g/mol. The number of piperidine rings is 1. The van der Waals surface area contributed by atoms with Gasteiger partial charge >= 0.3 is 0 Å². The molecule has 1 aromatic carbocycles. The minimum atomic E-state index is -0.0831. The molecule has 0 radical (unpaired) electrons. The Balaban J connectivity index is 1.83. The van der Waals surface area contributed by atoms with Crippen LogP contribution in [0, 0.1) is 0 Å². The van der Waals surface area contributed by atoms with E-state index in [0.717, 1.165) is 30.6 Å². The van der Waals surface area contributed by atoms with Crippen LogP contribution in [0.25, 0.3) is 11.3 Å². The summed E-state index contributed by atoms with van der Waals surface area (Å²) >= 11 is 0. The molecule has 0 saturated carbocycles. The third-order valence-electron chi connectivity index (χ3n) is 4.71. The molecule has 1 aliphatic rings. The van der Waals surface area contributed by atoms with Crippen molar-refractivity contribution >= 4 is 17.7 Å². The van der Waals surface area contributed by atoms with E-state index >= 15 is 0 Å². The van der Waals surface area contributed by atoms with Crippen LogP contribution >= 0.6 is 0 Å². The number of hydrogen-bond acceptors (Lipinski definition) is 6. The summed E-state index contributed by atoms with van der Waals surface area (Å²) in [6.45, 7) is 0.706. The molecule has 7 nitrogen and oxygen atoms in total. The zero-order chi connectivity index (χ0) is 18.7. The molecule has 3 rings (SSSR count). The minimum Gasteiger partial charge on any atom is -0.394 e. The Bertz CT molecular complexity index is 776. The van der Waals surface area contributed by atoms with Crippen LogP contribution in [0.5, 0.6) is 0 Å². The zero-order valence-corrected chi connectivity index (χ0v) is 15.2. The summed E-state index contributed by atoms with van der Waals surface area (Å²) in [6, 6.07) is 9.11. The maximum Gasteiger partial charge on any atom is 0.254 e. The first-order valence-corrected chi connectivity index (χ1v) is 8.83. The summed E-state index contributed by atoms with van der Waals surface area (Å²) in [4.78, 5) is 24.9. The lowest BCUT2D eigenvalue weighted by Gasteiger charge is -2.34. The molecule has 1 amide bonds. The van der Waals surface area contributed by atoms with Gasteiger partial charge in [-0.2, -0.15) is 4.98 Å². The van der Waals surface area contributed by atoms with E-state index in [2.05, 4.69) is 9.97 Å². The largest absolute Gasteiger partial charge is 0.394 e. The highest BCUT2D eigenvalue weighted by Crippen LogP contribution is 2.24. The fraction of sp³-hybridized carbons (Fsp3) is 0.421. The molecule has 3 N–H and O–H groups in total. The Labute approximate surface area is 153 Å². The van der Waals surface area contributed by atoms with Crippen molar-refractivity contribution in [1.82, 2.24) is 14.9 Å². The first-order chi connectivity index (χ1) is 12.5. The highest BCUT2D eigenvalue weighted by Gasteiger charge is 2.26. The van der Waals surface area contributed by atoms with Crippen molar-refractivity contribution < 1.29 is 9.90 Å². The van der Waals surface area contributed by atoms with Crippen LogP contribution in [0.15, 0.2) is 30.3 Å². The summed E-state index contributed by atoms with van der Waals surface area (Å²) in [6.07, 6.45) is 2.89. The third kappa shape index (κ3) is 3.77. The van der Waals surface area contributed by atoms with Gasteiger partial charge in [0, 0.05) is 37.8 Å². The second-order valence-corrected chi connectivity index (χ2v) is 6.77. The molecular weight excluding hydrogens is 330 g/mol. The van der Waals surface area contributed by atoms with Gasteiger partial charge in [-0.25, -0.2) is 4.98 Å². The molecule has 0 spiro atoms. The second kappa shape index (κ2) is 7.70. The van der Waals surface area contributed by atoms with Gasteiger partial charge < -0.3 is 20.6 Å². The summed E-state index contributed by atoms with van der Waals surface area (Å²) in [5.41, 5.74) is 8.01. The summed E-state index contributed by atoms with van der Waals surface area (Å²) < 4.78 is 0. The SMILES string of the molecule is CN(C)c1cc(-c2ccc(C(=O)N3CCCCC3CO)cc2)nc(N)n1. The number of nitrogens with zero attached hydrogens (tertiary/aromatic N) is 4. The van der Waals surface area contributed by atoms with Gasteiger partial charge in [-0.3, -0.25) is 4.79 Å². The molecule has 1 saturated heterocycles. The Hall–Kier alpha value is -2.67. The number of carbonyl (C=O) groups excluding carboxylic acids is 1. The number of aliphatic hydroxyl groups is 1.